The number of aliphatic hydroxyl groups excluding tert-OH is 1. The molecule has 0 aliphatic heterocycles. The second-order valence-electron chi connectivity index (χ2n) is 4.28. The van der Waals surface area contributed by atoms with Gasteiger partial charge < -0.3 is 5.11 Å². The summed E-state index contributed by atoms with van der Waals surface area (Å²) in [6, 6.07) is 10.3. The number of nitrogens with zero attached hydrogens (tertiary/aromatic N) is 1. The van der Waals surface area contributed by atoms with Crippen LogP contribution in [0.25, 0.3) is 0 Å². The Kier molecular flexibility index (Phi) is 3.08. The van der Waals surface area contributed by atoms with Gasteiger partial charge in [-0.1, -0.05) is 30.3 Å². The average molecular weight is 233 g/mol. The molecule has 0 aliphatic rings. The second kappa shape index (κ2) is 4.36. The summed E-state index contributed by atoms with van der Waals surface area (Å²) in [4.78, 5) is 5.31. The van der Waals surface area contributed by atoms with Crippen molar-refractivity contribution in [2.45, 2.75) is 25.9 Å². The lowest BCUT2D eigenvalue weighted by Gasteiger charge is -2.22. The molecular weight excluding hydrogens is 218 g/mol. The van der Waals surface area contributed by atoms with E-state index < -0.39 is 0 Å². The van der Waals surface area contributed by atoms with Crippen LogP contribution in [0.1, 0.15) is 29.3 Å². The average Bonchev–Trinajstić information content (AvgIpc) is 2.79. The smallest absolute Gasteiger partial charge is 0.103 e. The van der Waals surface area contributed by atoms with Gasteiger partial charge >= 0.3 is 0 Å². The van der Waals surface area contributed by atoms with E-state index >= 15 is 0 Å². The molecule has 2 aromatic rings. The van der Waals surface area contributed by atoms with Crippen LogP contribution in [0, 0.1) is 0 Å². The van der Waals surface area contributed by atoms with Crippen molar-refractivity contribution in [3.63, 3.8) is 0 Å². The Labute approximate surface area is 99.6 Å². The number of thiazole rings is 1. The summed E-state index contributed by atoms with van der Waals surface area (Å²) in [6.07, 6.45) is 1.75. The molecule has 84 valence electrons. The molecule has 0 atom stereocenters. The predicted molar refractivity (Wildman–Crippen MR) is 66.6 cm³/mol. The number of aliphatic hydroxyl groups is 1. The van der Waals surface area contributed by atoms with Gasteiger partial charge in [-0.15, -0.1) is 11.3 Å². The Balaban J connectivity index is 2.38. The maximum Gasteiger partial charge on any atom is 0.103 e. The standard InChI is InChI=1S/C13H15NOS/c1-13(2,10-6-4-3-5-7-10)12-14-8-11(9-15)16-12/h3-8,15H,9H2,1-2H3. The molecule has 0 saturated carbocycles. The summed E-state index contributed by atoms with van der Waals surface area (Å²) in [5.74, 6) is 0. The largest absolute Gasteiger partial charge is 0.391 e. The van der Waals surface area contributed by atoms with Crippen LogP contribution < -0.4 is 0 Å². The van der Waals surface area contributed by atoms with Gasteiger partial charge in [0.05, 0.1) is 11.5 Å². The quantitative estimate of drug-likeness (QED) is 0.884. The summed E-state index contributed by atoms with van der Waals surface area (Å²) in [7, 11) is 0. The summed E-state index contributed by atoms with van der Waals surface area (Å²) in [6.45, 7) is 4.38. The van der Waals surface area contributed by atoms with E-state index in [0.717, 1.165) is 9.88 Å². The molecule has 3 heteroatoms. The Morgan fingerprint density at radius 1 is 1.25 bits per heavy atom. The van der Waals surface area contributed by atoms with E-state index in [1.54, 1.807) is 17.5 Å². The van der Waals surface area contributed by atoms with E-state index in [4.69, 9.17) is 5.11 Å². The van der Waals surface area contributed by atoms with Crippen LogP contribution >= 0.6 is 11.3 Å². The van der Waals surface area contributed by atoms with E-state index in [1.807, 2.05) is 18.2 Å². The molecule has 1 aromatic heterocycles. The SMILES string of the molecule is CC(C)(c1ccccc1)c1ncc(CO)s1. The fraction of sp³-hybridized carbons (Fsp3) is 0.308. The molecular formula is C13H15NOS. The van der Waals surface area contributed by atoms with E-state index in [0.29, 0.717) is 0 Å². The number of hydrogen-bond acceptors (Lipinski definition) is 3. The maximum atomic E-state index is 9.06. The molecule has 0 amide bonds. The van der Waals surface area contributed by atoms with E-state index in [1.165, 1.54) is 5.56 Å². The van der Waals surface area contributed by atoms with E-state index in [2.05, 4.69) is 31.0 Å². The third-order valence-corrected chi connectivity index (χ3v) is 4.05. The molecule has 0 aliphatic carbocycles. The predicted octanol–water partition coefficient (Wildman–Crippen LogP) is 2.96. The number of rotatable bonds is 3. The summed E-state index contributed by atoms with van der Waals surface area (Å²) in [5, 5.41) is 10.1. The topological polar surface area (TPSA) is 33.1 Å². The minimum atomic E-state index is -0.0979. The highest BCUT2D eigenvalue weighted by Crippen LogP contribution is 2.33. The van der Waals surface area contributed by atoms with Gasteiger partial charge in [-0.25, -0.2) is 4.98 Å². The molecule has 2 rings (SSSR count). The molecule has 0 spiro atoms. The first-order chi connectivity index (χ1) is 7.64. The molecule has 1 heterocycles. The minimum absolute atomic E-state index is 0.0720. The minimum Gasteiger partial charge on any atom is -0.391 e. The van der Waals surface area contributed by atoms with Gasteiger partial charge in [-0.05, 0) is 19.4 Å². The van der Waals surface area contributed by atoms with Gasteiger partial charge in [0.2, 0.25) is 0 Å². The lowest BCUT2D eigenvalue weighted by molar-refractivity contribution is 0.285. The van der Waals surface area contributed by atoms with Crippen molar-refractivity contribution in [2.75, 3.05) is 0 Å². The fourth-order valence-electron chi connectivity index (χ4n) is 1.65. The summed E-state index contributed by atoms with van der Waals surface area (Å²) in [5.41, 5.74) is 1.15. The zero-order valence-corrected chi connectivity index (χ0v) is 10.3. The molecule has 1 aromatic carbocycles. The Hall–Kier alpha value is -1.19. The van der Waals surface area contributed by atoms with Crippen molar-refractivity contribution in [3.05, 3.63) is 52.0 Å². The summed E-state index contributed by atoms with van der Waals surface area (Å²) >= 11 is 1.57. The monoisotopic (exact) mass is 233 g/mol. The zero-order chi connectivity index (χ0) is 11.6. The normalized spacial score (nSPS) is 11.7. The van der Waals surface area contributed by atoms with Crippen molar-refractivity contribution >= 4 is 11.3 Å². The summed E-state index contributed by atoms with van der Waals surface area (Å²) < 4.78 is 0. The molecule has 16 heavy (non-hydrogen) atoms. The van der Waals surface area contributed by atoms with Crippen LogP contribution in [-0.2, 0) is 12.0 Å². The van der Waals surface area contributed by atoms with Crippen molar-refractivity contribution in [3.8, 4) is 0 Å². The molecule has 0 radical (unpaired) electrons. The highest BCUT2D eigenvalue weighted by molar-refractivity contribution is 7.11. The second-order valence-corrected chi connectivity index (χ2v) is 5.40. The van der Waals surface area contributed by atoms with Gasteiger partial charge in [0, 0.05) is 11.6 Å². The van der Waals surface area contributed by atoms with Crippen LogP contribution in [0.3, 0.4) is 0 Å². The van der Waals surface area contributed by atoms with Crippen molar-refractivity contribution in [1.29, 1.82) is 0 Å². The first-order valence-electron chi connectivity index (χ1n) is 5.26. The molecule has 2 nitrogen and oxygen atoms in total. The first kappa shape index (κ1) is 11.3. The van der Waals surface area contributed by atoms with Gasteiger partial charge in [0.1, 0.15) is 5.01 Å². The van der Waals surface area contributed by atoms with Crippen LogP contribution in [0.5, 0.6) is 0 Å². The highest BCUT2D eigenvalue weighted by atomic mass is 32.1. The zero-order valence-electron chi connectivity index (χ0n) is 9.47. The van der Waals surface area contributed by atoms with Crippen LogP contribution in [-0.4, -0.2) is 10.1 Å². The molecule has 0 bridgehead atoms. The lowest BCUT2D eigenvalue weighted by Crippen LogP contribution is -2.18. The van der Waals surface area contributed by atoms with Crippen molar-refractivity contribution < 1.29 is 5.11 Å². The fourth-order valence-corrected chi connectivity index (χ4v) is 2.54. The molecule has 1 N–H and O–H groups in total. The van der Waals surface area contributed by atoms with Crippen LogP contribution in [0.4, 0.5) is 0 Å². The number of aromatic nitrogens is 1. The van der Waals surface area contributed by atoms with Gasteiger partial charge in [0.15, 0.2) is 0 Å². The van der Waals surface area contributed by atoms with Crippen molar-refractivity contribution in [1.82, 2.24) is 4.98 Å². The van der Waals surface area contributed by atoms with E-state index in [-0.39, 0.29) is 12.0 Å². The van der Waals surface area contributed by atoms with Crippen LogP contribution in [0.2, 0.25) is 0 Å². The lowest BCUT2D eigenvalue weighted by atomic mass is 9.85. The Morgan fingerprint density at radius 3 is 2.50 bits per heavy atom. The maximum absolute atomic E-state index is 9.06. The first-order valence-corrected chi connectivity index (χ1v) is 6.08. The van der Waals surface area contributed by atoms with Gasteiger partial charge in [0.25, 0.3) is 0 Å². The number of benzene rings is 1. The van der Waals surface area contributed by atoms with E-state index in [9.17, 15) is 0 Å². The number of hydrogen-bond donors (Lipinski definition) is 1. The van der Waals surface area contributed by atoms with Gasteiger partial charge in [-0.2, -0.15) is 0 Å². The van der Waals surface area contributed by atoms with Crippen molar-refractivity contribution in [2.24, 2.45) is 0 Å². The highest BCUT2D eigenvalue weighted by Gasteiger charge is 2.26. The third kappa shape index (κ3) is 2.01. The van der Waals surface area contributed by atoms with Crippen LogP contribution in [0.15, 0.2) is 36.5 Å². The Bertz CT molecular complexity index is 462. The molecule has 0 saturated heterocycles. The Morgan fingerprint density at radius 2 is 1.94 bits per heavy atom. The molecule has 0 fully saturated rings. The third-order valence-electron chi connectivity index (χ3n) is 2.74. The molecule has 0 unspecified atom stereocenters. The van der Waals surface area contributed by atoms with Gasteiger partial charge in [-0.3, -0.25) is 0 Å².